The second-order valence-corrected chi connectivity index (χ2v) is 8.29. The zero-order valence-corrected chi connectivity index (χ0v) is 10.1. The van der Waals surface area contributed by atoms with Crippen LogP contribution in [0.3, 0.4) is 0 Å². The second-order valence-electron chi connectivity index (χ2n) is 6.13. The molecule has 14 heavy (non-hydrogen) atoms. The van der Waals surface area contributed by atoms with E-state index in [2.05, 4.69) is 20.8 Å². The number of hydrogen-bond acceptors (Lipinski definition) is 2. The number of hydrogen-bond donors (Lipinski definition) is 0. The van der Waals surface area contributed by atoms with Crippen LogP contribution in [0.1, 0.15) is 33.6 Å². The molecule has 1 saturated carbocycles. The molecular weight excluding hydrogens is 196 g/mol. The standard InChI is InChI=1S/C11H20O2S/c1-11(2,3)10-4-8-6-14(12,13)7-9(8)5-10/h8-10H,4-7H2,1-3H3/t8-,9+,10+. The highest BCUT2D eigenvalue weighted by Crippen LogP contribution is 2.48. The fraction of sp³-hybridized carbons (Fsp3) is 1.00. The summed E-state index contributed by atoms with van der Waals surface area (Å²) in [5.41, 5.74) is 0.355. The van der Waals surface area contributed by atoms with Gasteiger partial charge in [-0.3, -0.25) is 0 Å². The lowest BCUT2D eigenvalue weighted by Gasteiger charge is -2.27. The van der Waals surface area contributed by atoms with Gasteiger partial charge in [0, 0.05) is 0 Å². The summed E-state index contributed by atoms with van der Waals surface area (Å²) < 4.78 is 22.8. The molecule has 0 aromatic carbocycles. The quantitative estimate of drug-likeness (QED) is 0.621. The van der Waals surface area contributed by atoms with Crippen molar-refractivity contribution >= 4 is 9.84 Å². The van der Waals surface area contributed by atoms with E-state index in [0.717, 1.165) is 18.8 Å². The van der Waals surface area contributed by atoms with Crippen LogP contribution in [0.5, 0.6) is 0 Å². The molecule has 0 amide bonds. The third-order valence-electron chi connectivity index (χ3n) is 4.00. The van der Waals surface area contributed by atoms with E-state index in [4.69, 9.17) is 0 Å². The summed E-state index contributed by atoms with van der Waals surface area (Å²) in [5, 5.41) is 0. The van der Waals surface area contributed by atoms with Crippen molar-refractivity contribution in [2.24, 2.45) is 23.2 Å². The van der Waals surface area contributed by atoms with E-state index in [1.165, 1.54) is 0 Å². The van der Waals surface area contributed by atoms with Crippen molar-refractivity contribution in [3.63, 3.8) is 0 Å². The Balaban J connectivity index is 2.07. The largest absolute Gasteiger partial charge is 0.229 e. The van der Waals surface area contributed by atoms with E-state index >= 15 is 0 Å². The van der Waals surface area contributed by atoms with Crippen LogP contribution >= 0.6 is 0 Å². The third kappa shape index (κ3) is 1.83. The molecule has 1 saturated heterocycles. The van der Waals surface area contributed by atoms with Crippen molar-refractivity contribution in [3.05, 3.63) is 0 Å². The van der Waals surface area contributed by atoms with Gasteiger partial charge in [-0.25, -0.2) is 8.42 Å². The van der Waals surface area contributed by atoms with Gasteiger partial charge in [0.25, 0.3) is 0 Å². The first-order chi connectivity index (χ1) is 6.28. The van der Waals surface area contributed by atoms with Crippen molar-refractivity contribution in [2.75, 3.05) is 11.5 Å². The first kappa shape index (κ1) is 10.5. The maximum atomic E-state index is 11.4. The van der Waals surface area contributed by atoms with Gasteiger partial charge in [0.2, 0.25) is 0 Å². The second kappa shape index (κ2) is 2.97. The van der Waals surface area contributed by atoms with Crippen molar-refractivity contribution < 1.29 is 8.42 Å². The Morgan fingerprint density at radius 2 is 1.43 bits per heavy atom. The summed E-state index contributed by atoms with van der Waals surface area (Å²) in [7, 11) is -2.67. The van der Waals surface area contributed by atoms with Gasteiger partial charge in [-0.2, -0.15) is 0 Å². The Labute approximate surface area is 87.0 Å². The maximum Gasteiger partial charge on any atom is 0.150 e. The molecule has 82 valence electrons. The minimum atomic E-state index is -2.67. The zero-order valence-electron chi connectivity index (χ0n) is 9.29. The minimum Gasteiger partial charge on any atom is -0.229 e. The molecule has 2 nitrogen and oxygen atoms in total. The summed E-state index contributed by atoms with van der Waals surface area (Å²) >= 11 is 0. The van der Waals surface area contributed by atoms with E-state index in [9.17, 15) is 8.42 Å². The van der Waals surface area contributed by atoms with Crippen LogP contribution in [-0.4, -0.2) is 19.9 Å². The molecule has 0 bridgehead atoms. The van der Waals surface area contributed by atoms with Crippen molar-refractivity contribution in [1.29, 1.82) is 0 Å². The van der Waals surface area contributed by atoms with Crippen molar-refractivity contribution in [2.45, 2.75) is 33.6 Å². The Hall–Kier alpha value is -0.0500. The fourth-order valence-electron chi connectivity index (χ4n) is 3.05. The SMILES string of the molecule is CC(C)(C)[C@H]1C[C@@H]2CS(=O)(=O)C[C@@H]2C1. The summed E-state index contributed by atoms with van der Waals surface area (Å²) in [6.45, 7) is 6.81. The predicted octanol–water partition coefficient (Wildman–Crippen LogP) is 2.10. The highest BCUT2D eigenvalue weighted by Gasteiger charge is 2.46. The summed E-state index contributed by atoms with van der Waals surface area (Å²) in [6.07, 6.45) is 2.26. The molecule has 3 heteroatoms. The lowest BCUT2D eigenvalue weighted by atomic mass is 9.79. The fourth-order valence-corrected chi connectivity index (χ4v) is 5.31. The van der Waals surface area contributed by atoms with Gasteiger partial charge in [0.15, 0.2) is 9.84 Å². The van der Waals surface area contributed by atoms with Crippen LogP contribution in [0, 0.1) is 23.2 Å². The molecule has 0 radical (unpaired) electrons. The highest BCUT2D eigenvalue weighted by molar-refractivity contribution is 7.91. The topological polar surface area (TPSA) is 34.1 Å². The number of fused-ring (bicyclic) bond motifs is 1. The highest BCUT2D eigenvalue weighted by atomic mass is 32.2. The molecule has 0 N–H and O–H groups in total. The van der Waals surface area contributed by atoms with E-state index in [1.807, 2.05) is 0 Å². The lowest BCUT2D eigenvalue weighted by Crippen LogP contribution is -2.19. The molecule has 0 aromatic rings. The van der Waals surface area contributed by atoms with Gasteiger partial charge >= 0.3 is 0 Å². The Kier molecular flexibility index (Phi) is 2.22. The number of rotatable bonds is 0. The third-order valence-corrected chi connectivity index (χ3v) is 5.87. The average Bonchev–Trinajstić information content (AvgIpc) is 2.37. The van der Waals surface area contributed by atoms with Crippen LogP contribution in [0.25, 0.3) is 0 Å². The van der Waals surface area contributed by atoms with E-state index in [0.29, 0.717) is 28.8 Å². The van der Waals surface area contributed by atoms with Gasteiger partial charge < -0.3 is 0 Å². The maximum absolute atomic E-state index is 11.4. The van der Waals surface area contributed by atoms with Gasteiger partial charge in [0.05, 0.1) is 11.5 Å². The van der Waals surface area contributed by atoms with Crippen LogP contribution in [0.2, 0.25) is 0 Å². The molecule has 1 aliphatic carbocycles. The molecule has 2 aliphatic rings. The van der Waals surface area contributed by atoms with Gasteiger partial charge in [-0.1, -0.05) is 20.8 Å². The van der Waals surface area contributed by atoms with E-state index in [-0.39, 0.29) is 0 Å². The Bertz CT molecular complexity index is 304. The van der Waals surface area contributed by atoms with Gasteiger partial charge in [-0.15, -0.1) is 0 Å². The van der Waals surface area contributed by atoms with Crippen molar-refractivity contribution in [1.82, 2.24) is 0 Å². The molecule has 2 fully saturated rings. The first-order valence-electron chi connectivity index (χ1n) is 5.48. The Morgan fingerprint density at radius 3 is 1.79 bits per heavy atom. The lowest BCUT2D eigenvalue weighted by molar-refractivity contribution is 0.237. The van der Waals surface area contributed by atoms with Crippen LogP contribution < -0.4 is 0 Å². The molecule has 1 heterocycles. The van der Waals surface area contributed by atoms with Crippen LogP contribution in [0.15, 0.2) is 0 Å². The molecule has 0 aromatic heterocycles. The molecule has 0 spiro atoms. The summed E-state index contributed by atoms with van der Waals surface area (Å²) in [6, 6.07) is 0. The van der Waals surface area contributed by atoms with Crippen molar-refractivity contribution in [3.8, 4) is 0 Å². The zero-order chi connectivity index (χ0) is 10.6. The van der Waals surface area contributed by atoms with Crippen LogP contribution in [0.4, 0.5) is 0 Å². The van der Waals surface area contributed by atoms with Gasteiger partial charge in [-0.05, 0) is 36.0 Å². The van der Waals surface area contributed by atoms with E-state index in [1.54, 1.807) is 0 Å². The molecular formula is C11H20O2S. The molecule has 0 unspecified atom stereocenters. The average molecular weight is 216 g/mol. The summed E-state index contributed by atoms with van der Waals surface area (Å²) in [5.74, 6) is 2.61. The monoisotopic (exact) mass is 216 g/mol. The van der Waals surface area contributed by atoms with Gasteiger partial charge in [0.1, 0.15) is 0 Å². The minimum absolute atomic E-state index is 0.355. The summed E-state index contributed by atoms with van der Waals surface area (Å²) in [4.78, 5) is 0. The van der Waals surface area contributed by atoms with Crippen LogP contribution in [-0.2, 0) is 9.84 Å². The smallest absolute Gasteiger partial charge is 0.150 e. The van der Waals surface area contributed by atoms with E-state index < -0.39 is 9.84 Å². The first-order valence-corrected chi connectivity index (χ1v) is 7.30. The molecule has 2 rings (SSSR count). The normalized spacial score (nSPS) is 41.2. The molecule has 3 atom stereocenters. The Morgan fingerprint density at radius 1 is 1.00 bits per heavy atom. The molecule has 1 aliphatic heterocycles. The number of sulfone groups is 1. The predicted molar refractivity (Wildman–Crippen MR) is 57.8 cm³/mol.